The lowest BCUT2D eigenvalue weighted by Gasteiger charge is -2.20. The van der Waals surface area contributed by atoms with Crippen molar-refractivity contribution in [3.05, 3.63) is 95.6 Å². The second-order valence-corrected chi connectivity index (χ2v) is 7.17. The van der Waals surface area contributed by atoms with Crippen LogP contribution in [0, 0.1) is 0 Å². The Labute approximate surface area is 173 Å². The number of nitrogens with two attached hydrogens (primary N) is 1. The van der Waals surface area contributed by atoms with Gasteiger partial charge in [0.25, 0.3) is 11.8 Å². The fraction of sp³-hybridized carbons (Fsp3) is 0.0870. The number of hydrogen-bond acceptors (Lipinski definition) is 4. The lowest BCUT2D eigenvalue weighted by atomic mass is 9.96. The van der Waals surface area contributed by atoms with Gasteiger partial charge in [0.1, 0.15) is 5.82 Å². The van der Waals surface area contributed by atoms with Gasteiger partial charge in [-0.05, 0) is 36.6 Å². The second kappa shape index (κ2) is 7.04. The van der Waals surface area contributed by atoms with E-state index >= 15 is 0 Å². The number of pyridine rings is 1. The third kappa shape index (κ3) is 2.88. The molecule has 1 aromatic carbocycles. The molecule has 1 aliphatic carbocycles. The predicted molar refractivity (Wildman–Crippen MR) is 114 cm³/mol. The Hall–Kier alpha value is -4.13. The van der Waals surface area contributed by atoms with Gasteiger partial charge in [-0.15, -0.1) is 0 Å². The van der Waals surface area contributed by atoms with Gasteiger partial charge in [0, 0.05) is 18.0 Å². The van der Waals surface area contributed by atoms with E-state index in [1.54, 1.807) is 24.5 Å². The quantitative estimate of drug-likeness (QED) is 0.711. The summed E-state index contributed by atoms with van der Waals surface area (Å²) in [4.78, 5) is 30.1. The smallest absolute Gasteiger partial charge is 0.278 e. The van der Waals surface area contributed by atoms with Crippen molar-refractivity contribution >= 4 is 28.9 Å². The summed E-state index contributed by atoms with van der Waals surface area (Å²) in [6, 6.07) is 14.9. The average Bonchev–Trinajstić information content (AvgIpc) is 3.06. The molecule has 2 aromatic heterocycles. The summed E-state index contributed by atoms with van der Waals surface area (Å²) in [5, 5.41) is 1.24. The van der Waals surface area contributed by atoms with Crippen molar-refractivity contribution in [1.29, 1.82) is 0 Å². The standard InChI is InChI=1S/C23H19N5O2/c24-20-12-16-8-4-10-18-21(16)28(20)19(15-6-2-1-3-7-15)14-27(23(18)30)26-22(29)17-9-5-11-25-13-17/h1-3,5-7,9-14H,4,8,24H2,(H,26,29). The molecule has 2 amide bonds. The third-order valence-corrected chi connectivity index (χ3v) is 5.28. The number of hydrogen-bond donors (Lipinski definition) is 2. The number of nitrogens with one attached hydrogen (secondary N) is 1. The lowest BCUT2D eigenvalue weighted by molar-refractivity contribution is -0.124. The number of allylic oxidation sites excluding steroid dienone is 1. The van der Waals surface area contributed by atoms with E-state index in [1.165, 1.54) is 11.2 Å². The van der Waals surface area contributed by atoms with Crippen molar-refractivity contribution in [2.24, 2.45) is 0 Å². The molecule has 7 heteroatoms. The van der Waals surface area contributed by atoms with Crippen molar-refractivity contribution in [2.45, 2.75) is 12.8 Å². The number of carbonyl (C=O) groups is 2. The molecule has 0 fully saturated rings. The molecule has 1 aliphatic heterocycles. The highest BCUT2D eigenvalue weighted by molar-refractivity contribution is 6.21. The minimum atomic E-state index is -0.420. The highest BCUT2D eigenvalue weighted by Crippen LogP contribution is 2.38. The van der Waals surface area contributed by atoms with Crippen LogP contribution in [-0.4, -0.2) is 26.4 Å². The van der Waals surface area contributed by atoms with Crippen molar-refractivity contribution in [3.8, 4) is 0 Å². The highest BCUT2D eigenvalue weighted by Gasteiger charge is 2.33. The molecule has 3 aromatic rings. The van der Waals surface area contributed by atoms with Gasteiger partial charge in [-0.1, -0.05) is 36.4 Å². The van der Waals surface area contributed by atoms with E-state index in [-0.39, 0.29) is 5.91 Å². The van der Waals surface area contributed by atoms with Gasteiger partial charge in [-0.2, -0.15) is 0 Å². The number of amides is 2. The van der Waals surface area contributed by atoms with E-state index in [9.17, 15) is 9.59 Å². The van der Waals surface area contributed by atoms with Crippen LogP contribution in [-0.2, 0) is 11.2 Å². The van der Waals surface area contributed by atoms with Crippen molar-refractivity contribution < 1.29 is 9.59 Å². The number of hydrazine groups is 1. The van der Waals surface area contributed by atoms with Crippen LogP contribution in [0.4, 0.5) is 5.82 Å². The van der Waals surface area contributed by atoms with Gasteiger partial charge in [0.05, 0.1) is 28.7 Å². The summed E-state index contributed by atoms with van der Waals surface area (Å²) >= 11 is 0. The molecule has 0 radical (unpaired) electrons. The van der Waals surface area contributed by atoms with Crippen molar-refractivity contribution in [3.63, 3.8) is 0 Å². The summed E-state index contributed by atoms with van der Waals surface area (Å²) in [6.45, 7) is 0. The van der Waals surface area contributed by atoms with E-state index in [4.69, 9.17) is 5.73 Å². The molecule has 148 valence electrons. The van der Waals surface area contributed by atoms with E-state index in [2.05, 4.69) is 10.4 Å². The fourth-order valence-corrected chi connectivity index (χ4v) is 3.92. The Bertz CT molecular complexity index is 1210. The average molecular weight is 397 g/mol. The Morgan fingerprint density at radius 3 is 2.73 bits per heavy atom. The van der Waals surface area contributed by atoms with Gasteiger partial charge in [0.15, 0.2) is 0 Å². The van der Waals surface area contributed by atoms with Gasteiger partial charge in [-0.3, -0.25) is 24.6 Å². The Morgan fingerprint density at radius 1 is 1.13 bits per heavy atom. The first-order valence-electron chi connectivity index (χ1n) is 9.66. The number of aryl methyl sites for hydroxylation is 1. The molecule has 0 atom stereocenters. The van der Waals surface area contributed by atoms with Crippen LogP contribution in [0.1, 0.15) is 33.6 Å². The largest absolute Gasteiger partial charge is 0.385 e. The Kier molecular flexibility index (Phi) is 4.21. The van der Waals surface area contributed by atoms with Gasteiger partial charge < -0.3 is 5.73 Å². The van der Waals surface area contributed by atoms with Crippen LogP contribution in [0.3, 0.4) is 0 Å². The number of carbonyl (C=O) groups excluding carboxylic acids is 2. The SMILES string of the molecule is Nc1cc2c3n1C(c1ccccc1)=CN(NC(=O)c1cccnc1)C(=O)C3=CCC2. The first-order valence-corrected chi connectivity index (χ1v) is 9.66. The van der Waals surface area contributed by atoms with Crippen LogP contribution in [0.25, 0.3) is 11.3 Å². The normalized spacial score (nSPS) is 15.1. The molecule has 0 spiro atoms. The molecule has 30 heavy (non-hydrogen) atoms. The predicted octanol–water partition coefficient (Wildman–Crippen LogP) is 2.83. The maximum absolute atomic E-state index is 13.4. The second-order valence-electron chi connectivity index (χ2n) is 7.17. The number of rotatable bonds is 3. The topological polar surface area (TPSA) is 93.2 Å². The maximum Gasteiger partial charge on any atom is 0.278 e. The van der Waals surface area contributed by atoms with Crippen LogP contribution in [0.15, 0.2) is 73.2 Å². The van der Waals surface area contributed by atoms with Crippen LogP contribution >= 0.6 is 0 Å². The number of anilines is 1. The van der Waals surface area contributed by atoms with Gasteiger partial charge in [-0.25, -0.2) is 5.01 Å². The van der Waals surface area contributed by atoms with Crippen LogP contribution in [0.5, 0.6) is 0 Å². The monoisotopic (exact) mass is 397 g/mol. The fourth-order valence-electron chi connectivity index (χ4n) is 3.92. The summed E-state index contributed by atoms with van der Waals surface area (Å²) in [5.41, 5.74) is 13.4. The number of nitrogen functional groups attached to an aromatic ring is 1. The molecule has 5 rings (SSSR count). The van der Waals surface area contributed by atoms with E-state index in [1.807, 2.05) is 47.0 Å². The van der Waals surface area contributed by atoms with Crippen molar-refractivity contribution in [1.82, 2.24) is 20.0 Å². The number of aromatic nitrogens is 2. The molecule has 2 aliphatic rings. The van der Waals surface area contributed by atoms with Crippen LogP contribution < -0.4 is 11.2 Å². The molecular formula is C23H19N5O2. The third-order valence-electron chi connectivity index (χ3n) is 5.28. The van der Waals surface area contributed by atoms with Crippen molar-refractivity contribution in [2.75, 3.05) is 5.73 Å². The Balaban J connectivity index is 1.66. The molecule has 0 saturated heterocycles. The summed E-state index contributed by atoms with van der Waals surface area (Å²) in [6.07, 6.45) is 8.13. The molecule has 7 nitrogen and oxygen atoms in total. The van der Waals surface area contributed by atoms with Crippen LogP contribution in [0.2, 0.25) is 0 Å². The first-order chi connectivity index (χ1) is 14.6. The minimum Gasteiger partial charge on any atom is -0.385 e. The molecular weight excluding hydrogens is 378 g/mol. The number of nitrogens with zero attached hydrogens (tertiary/aromatic N) is 3. The first kappa shape index (κ1) is 17.9. The summed E-state index contributed by atoms with van der Waals surface area (Å²) in [7, 11) is 0. The molecule has 0 unspecified atom stereocenters. The summed E-state index contributed by atoms with van der Waals surface area (Å²) in [5.74, 6) is -0.175. The zero-order valence-corrected chi connectivity index (χ0v) is 16.1. The highest BCUT2D eigenvalue weighted by atomic mass is 16.2. The Morgan fingerprint density at radius 2 is 1.97 bits per heavy atom. The lowest BCUT2D eigenvalue weighted by Crippen LogP contribution is -2.43. The zero-order valence-electron chi connectivity index (χ0n) is 16.1. The van der Waals surface area contributed by atoms with Gasteiger partial charge >= 0.3 is 0 Å². The van der Waals surface area contributed by atoms with Gasteiger partial charge in [0.2, 0.25) is 0 Å². The number of benzene rings is 1. The molecule has 0 bridgehead atoms. The minimum absolute atomic E-state index is 0.307. The van der Waals surface area contributed by atoms with E-state index in [0.29, 0.717) is 22.7 Å². The zero-order chi connectivity index (χ0) is 20.7. The molecule has 3 N–H and O–H groups in total. The molecule has 3 heterocycles. The molecule has 0 saturated carbocycles. The maximum atomic E-state index is 13.4. The summed E-state index contributed by atoms with van der Waals surface area (Å²) < 4.78 is 1.89. The van der Waals surface area contributed by atoms with E-state index < -0.39 is 5.91 Å². The van der Waals surface area contributed by atoms with E-state index in [0.717, 1.165) is 29.7 Å².